The molecule has 0 atom stereocenters. The monoisotopic (exact) mass is 334 g/mol. The molecule has 0 radical (unpaired) electrons. The number of ether oxygens (including phenoxy) is 1. The van der Waals surface area contributed by atoms with Crippen LogP contribution < -0.4 is 4.74 Å². The highest BCUT2D eigenvalue weighted by Gasteiger charge is 2.11. The molecule has 0 spiro atoms. The molecule has 2 rings (SSSR count). The standard InChI is InChI=1S/C15H15BrN2O2/c1-10(16)6-7-14-17-13(9-19)15(18-14)11-4-3-5-12(8-11)20-2/h3-8,19H,1,9H2,2H3,(H,17,18)/b7-6-. The van der Waals surface area contributed by atoms with Crippen molar-refractivity contribution in [1.29, 1.82) is 0 Å². The first kappa shape index (κ1) is 14.6. The van der Waals surface area contributed by atoms with Crippen molar-refractivity contribution in [3.8, 4) is 17.0 Å². The Hall–Kier alpha value is -1.85. The average Bonchev–Trinajstić information content (AvgIpc) is 2.88. The van der Waals surface area contributed by atoms with Crippen molar-refractivity contribution in [3.63, 3.8) is 0 Å². The molecule has 1 aromatic heterocycles. The number of methoxy groups -OCH3 is 1. The zero-order valence-corrected chi connectivity index (χ0v) is 12.6. The summed E-state index contributed by atoms with van der Waals surface area (Å²) in [5.41, 5.74) is 2.27. The number of nitrogens with zero attached hydrogens (tertiary/aromatic N) is 1. The van der Waals surface area contributed by atoms with Gasteiger partial charge < -0.3 is 14.8 Å². The average molecular weight is 335 g/mol. The van der Waals surface area contributed by atoms with Crippen LogP contribution in [-0.4, -0.2) is 22.2 Å². The first-order valence-electron chi connectivity index (χ1n) is 6.00. The maximum absolute atomic E-state index is 9.44. The second-order valence-corrected chi connectivity index (χ2v) is 5.14. The quantitative estimate of drug-likeness (QED) is 0.823. The van der Waals surface area contributed by atoms with E-state index in [4.69, 9.17) is 4.74 Å². The Balaban J connectivity index is 2.42. The third-order valence-electron chi connectivity index (χ3n) is 2.72. The lowest BCUT2D eigenvalue weighted by molar-refractivity contribution is 0.278. The Bertz CT molecular complexity index is 647. The van der Waals surface area contributed by atoms with Gasteiger partial charge in [-0.05, 0) is 24.3 Å². The zero-order valence-electron chi connectivity index (χ0n) is 11.1. The Morgan fingerprint density at radius 3 is 3.00 bits per heavy atom. The van der Waals surface area contributed by atoms with E-state index in [1.165, 1.54) is 0 Å². The lowest BCUT2D eigenvalue weighted by atomic mass is 10.1. The van der Waals surface area contributed by atoms with Crippen LogP contribution in [0.25, 0.3) is 17.3 Å². The summed E-state index contributed by atoms with van der Waals surface area (Å²) in [5.74, 6) is 1.41. The summed E-state index contributed by atoms with van der Waals surface area (Å²) in [4.78, 5) is 7.55. The molecule has 0 fully saturated rings. The van der Waals surface area contributed by atoms with E-state index in [0.29, 0.717) is 17.2 Å². The van der Waals surface area contributed by atoms with Gasteiger partial charge in [0.15, 0.2) is 0 Å². The van der Waals surface area contributed by atoms with Gasteiger partial charge in [-0.1, -0.05) is 34.6 Å². The third kappa shape index (κ3) is 3.37. The molecule has 0 saturated carbocycles. The topological polar surface area (TPSA) is 58.1 Å². The molecule has 2 N–H and O–H groups in total. The number of allylic oxidation sites excluding steroid dienone is 2. The van der Waals surface area contributed by atoms with Gasteiger partial charge in [0.1, 0.15) is 11.6 Å². The van der Waals surface area contributed by atoms with Gasteiger partial charge in [-0.25, -0.2) is 4.98 Å². The number of hydrogen-bond donors (Lipinski definition) is 2. The van der Waals surface area contributed by atoms with E-state index in [1.807, 2.05) is 24.3 Å². The summed E-state index contributed by atoms with van der Waals surface area (Å²) in [6, 6.07) is 7.56. The van der Waals surface area contributed by atoms with E-state index in [-0.39, 0.29) is 6.61 Å². The Kier molecular flexibility index (Phi) is 4.76. The van der Waals surface area contributed by atoms with Gasteiger partial charge in [-0.15, -0.1) is 0 Å². The molecule has 0 saturated heterocycles. The maximum Gasteiger partial charge on any atom is 0.131 e. The molecule has 0 unspecified atom stereocenters. The van der Waals surface area contributed by atoms with Gasteiger partial charge in [0.25, 0.3) is 0 Å². The first-order chi connectivity index (χ1) is 9.63. The van der Waals surface area contributed by atoms with Gasteiger partial charge in [0.2, 0.25) is 0 Å². The molecule has 0 aliphatic rings. The van der Waals surface area contributed by atoms with E-state index in [9.17, 15) is 5.11 Å². The summed E-state index contributed by atoms with van der Waals surface area (Å²) in [6.07, 6.45) is 3.58. The fraction of sp³-hybridized carbons (Fsp3) is 0.133. The number of aliphatic hydroxyl groups excluding tert-OH is 1. The molecule has 0 amide bonds. The first-order valence-corrected chi connectivity index (χ1v) is 6.80. The SMILES string of the molecule is C=C(Br)/C=C\c1nc(-c2cccc(OC)c2)c(CO)[nH]1. The largest absolute Gasteiger partial charge is 0.497 e. The second kappa shape index (κ2) is 6.54. The van der Waals surface area contributed by atoms with Gasteiger partial charge in [0, 0.05) is 10.0 Å². The smallest absolute Gasteiger partial charge is 0.131 e. The third-order valence-corrected chi connectivity index (χ3v) is 2.98. The highest BCUT2D eigenvalue weighted by Crippen LogP contribution is 2.26. The number of aromatic amines is 1. The number of imidazole rings is 1. The molecule has 1 aromatic carbocycles. The van der Waals surface area contributed by atoms with Crippen LogP contribution in [-0.2, 0) is 6.61 Å². The van der Waals surface area contributed by atoms with Crippen LogP contribution in [0.1, 0.15) is 11.5 Å². The molecule has 104 valence electrons. The second-order valence-electron chi connectivity index (χ2n) is 4.12. The van der Waals surface area contributed by atoms with Gasteiger partial charge in [-0.3, -0.25) is 0 Å². The predicted octanol–water partition coefficient (Wildman–Crippen LogP) is 3.50. The fourth-order valence-corrected chi connectivity index (χ4v) is 1.93. The molecule has 1 heterocycles. The lowest BCUT2D eigenvalue weighted by Gasteiger charge is -2.03. The van der Waals surface area contributed by atoms with Crippen molar-refractivity contribution in [2.24, 2.45) is 0 Å². The molecule has 20 heavy (non-hydrogen) atoms. The maximum atomic E-state index is 9.44. The number of rotatable bonds is 5. The Morgan fingerprint density at radius 2 is 2.35 bits per heavy atom. The summed E-state index contributed by atoms with van der Waals surface area (Å²) < 4.78 is 5.96. The zero-order chi connectivity index (χ0) is 14.5. The normalized spacial score (nSPS) is 10.9. The predicted molar refractivity (Wildman–Crippen MR) is 83.6 cm³/mol. The molecular formula is C15H15BrN2O2. The van der Waals surface area contributed by atoms with Crippen molar-refractivity contribution in [2.75, 3.05) is 7.11 Å². The van der Waals surface area contributed by atoms with Crippen LogP contribution in [0.4, 0.5) is 0 Å². The van der Waals surface area contributed by atoms with Crippen molar-refractivity contribution < 1.29 is 9.84 Å². The summed E-state index contributed by atoms with van der Waals surface area (Å²) in [5, 5.41) is 9.44. The van der Waals surface area contributed by atoms with Crippen LogP contribution in [0.5, 0.6) is 5.75 Å². The molecule has 2 aromatic rings. The van der Waals surface area contributed by atoms with Crippen molar-refractivity contribution in [3.05, 3.63) is 52.9 Å². The Labute approximate surface area is 126 Å². The minimum absolute atomic E-state index is 0.108. The van der Waals surface area contributed by atoms with Crippen molar-refractivity contribution in [2.45, 2.75) is 6.61 Å². The minimum atomic E-state index is -0.108. The molecule has 0 bridgehead atoms. The highest BCUT2D eigenvalue weighted by atomic mass is 79.9. The van der Waals surface area contributed by atoms with Crippen molar-refractivity contribution in [1.82, 2.24) is 9.97 Å². The fourth-order valence-electron chi connectivity index (χ4n) is 1.80. The number of halogens is 1. The van der Waals surface area contributed by atoms with E-state index >= 15 is 0 Å². The van der Waals surface area contributed by atoms with Gasteiger partial charge >= 0.3 is 0 Å². The number of nitrogens with one attached hydrogen (secondary N) is 1. The lowest BCUT2D eigenvalue weighted by Crippen LogP contribution is -1.89. The van der Waals surface area contributed by atoms with E-state index in [1.54, 1.807) is 19.3 Å². The number of hydrogen-bond acceptors (Lipinski definition) is 3. The van der Waals surface area contributed by atoms with Gasteiger partial charge in [0.05, 0.1) is 25.1 Å². The summed E-state index contributed by atoms with van der Waals surface area (Å²) in [7, 11) is 1.62. The summed E-state index contributed by atoms with van der Waals surface area (Å²) >= 11 is 3.25. The number of aromatic nitrogens is 2. The molecule has 5 heteroatoms. The molecular weight excluding hydrogens is 320 g/mol. The molecule has 4 nitrogen and oxygen atoms in total. The van der Waals surface area contributed by atoms with Crippen molar-refractivity contribution >= 4 is 22.0 Å². The van der Waals surface area contributed by atoms with Crippen LogP contribution in [0.2, 0.25) is 0 Å². The Morgan fingerprint density at radius 1 is 1.55 bits per heavy atom. The number of H-pyrrole nitrogens is 1. The van der Waals surface area contributed by atoms with E-state index < -0.39 is 0 Å². The highest BCUT2D eigenvalue weighted by molar-refractivity contribution is 9.11. The van der Waals surface area contributed by atoms with Crippen LogP contribution in [0.3, 0.4) is 0 Å². The van der Waals surface area contributed by atoms with Gasteiger partial charge in [-0.2, -0.15) is 0 Å². The van der Waals surface area contributed by atoms with Crippen LogP contribution in [0, 0.1) is 0 Å². The minimum Gasteiger partial charge on any atom is -0.497 e. The summed E-state index contributed by atoms with van der Waals surface area (Å²) in [6.45, 7) is 3.61. The molecule has 0 aliphatic carbocycles. The van der Waals surface area contributed by atoms with Crippen LogP contribution >= 0.6 is 15.9 Å². The van der Waals surface area contributed by atoms with Crippen LogP contribution in [0.15, 0.2) is 41.4 Å². The molecule has 0 aliphatic heterocycles. The number of aliphatic hydroxyl groups is 1. The van der Waals surface area contributed by atoms with E-state index in [2.05, 4.69) is 32.5 Å². The van der Waals surface area contributed by atoms with E-state index in [0.717, 1.165) is 15.8 Å². The number of benzene rings is 1.